The average Bonchev–Trinajstić information content (AvgIpc) is 2.55. The molecule has 0 amide bonds. The first-order valence-corrected chi connectivity index (χ1v) is 8.25. The van der Waals surface area contributed by atoms with E-state index in [-0.39, 0.29) is 5.97 Å². The van der Waals surface area contributed by atoms with Crippen LogP contribution in [0, 0.1) is 5.92 Å². The highest BCUT2D eigenvalue weighted by atomic mass is 35.5. The molecule has 1 fully saturated rings. The van der Waals surface area contributed by atoms with Gasteiger partial charge in [0.05, 0.1) is 12.7 Å². The quantitative estimate of drug-likeness (QED) is 0.817. The molecule has 5 heteroatoms. The van der Waals surface area contributed by atoms with Gasteiger partial charge in [0.2, 0.25) is 0 Å². The number of methoxy groups -OCH3 is 1. The van der Waals surface area contributed by atoms with Crippen LogP contribution in [0.2, 0.25) is 5.02 Å². The van der Waals surface area contributed by atoms with E-state index in [9.17, 15) is 4.79 Å². The van der Waals surface area contributed by atoms with Crippen molar-refractivity contribution in [3.63, 3.8) is 0 Å². The Kier molecular flexibility index (Phi) is 6.68. The number of hydrogen-bond donors (Lipinski definition) is 1. The number of carbonyl (C=O) groups excluding carboxylic acids is 1. The number of halogens is 1. The largest absolute Gasteiger partial charge is 0.465 e. The van der Waals surface area contributed by atoms with Crippen LogP contribution in [0.4, 0.5) is 0 Å². The van der Waals surface area contributed by atoms with Crippen LogP contribution in [-0.4, -0.2) is 44.7 Å². The molecule has 4 nitrogen and oxygen atoms in total. The summed E-state index contributed by atoms with van der Waals surface area (Å²) in [4.78, 5) is 14.0. The summed E-state index contributed by atoms with van der Waals surface area (Å²) in [5.74, 6) is 0.504. The van der Waals surface area contributed by atoms with Crippen molar-refractivity contribution in [1.29, 1.82) is 0 Å². The molecule has 2 rings (SSSR count). The van der Waals surface area contributed by atoms with E-state index in [0.29, 0.717) is 10.6 Å². The normalized spacial score (nSPS) is 16.7. The van der Waals surface area contributed by atoms with Crippen LogP contribution < -0.4 is 5.32 Å². The summed E-state index contributed by atoms with van der Waals surface area (Å²) in [5.41, 5.74) is 1.56. The number of esters is 1. The predicted octanol–water partition coefficient (Wildman–Crippen LogP) is 2.95. The third kappa shape index (κ3) is 4.70. The van der Waals surface area contributed by atoms with E-state index in [1.165, 1.54) is 26.4 Å². The average molecular weight is 325 g/mol. The zero-order chi connectivity index (χ0) is 15.9. The van der Waals surface area contributed by atoms with E-state index in [1.807, 2.05) is 13.1 Å². The van der Waals surface area contributed by atoms with Crippen molar-refractivity contribution in [2.75, 3.05) is 33.8 Å². The van der Waals surface area contributed by atoms with Gasteiger partial charge in [0.1, 0.15) is 0 Å². The van der Waals surface area contributed by atoms with E-state index in [1.54, 1.807) is 12.1 Å². The molecular weight excluding hydrogens is 300 g/mol. The summed E-state index contributed by atoms with van der Waals surface area (Å²) in [6.45, 7) is 4.07. The number of benzene rings is 1. The lowest BCUT2D eigenvalue weighted by Gasteiger charge is -2.32. The van der Waals surface area contributed by atoms with Gasteiger partial charge in [0.15, 0.2) is 0 Å². The highest BCUT2D eigenvalue weighted by Gasteiger charge is 2.20. The Hall–Kier alpha value is -1.10. The number of nitrogens with zero attached hydrogens (tertiary/aromatic N) is 1. The molecule has 122 valence electrons. The van der Waals surface area contributed by atoms with Gasteiger partial charge in [-0.05, 0) is 75.6 Å². The summed E-state index contributed by atoms with van der Waals surface area (Å²) < 4.78 is 4.77. The molecule has 0 atom stereocenters. The Bertz CT molecular complexity index is 499. The van der Waals surface area contributed by atoms with E-state index in [2.05, 4.69) is 10.2 Å². The fourth-order valence-electron chi connectivity index (χ4n) is 2.96. The van der Waals surface area contributed by atoms with Gasteiger partial charge in [-0.3, -0.25) is 4.90 Å². The molecule has 1 aromatic rings. The van der Waals surface area contributed by atoms with Crippen molar-refractivity contribution in [1.82, 2.24) is 10.2 Å². The van der Waals surface area contributed by atoms with Crippen molar-refractivity contribution in [2.45, 2.75) is 25.8 Å². The molecule has 22 heavy (non-hydrogen) atoms. The minimum absolute atomic E-state index is 0.316. The van der Waals surface area contributed by atoms with Gasteiger partial charge in [-0.25, -0.2) is 4.79 Å². The minimum atomic E-state index is -0.316. The molecule has 1 saturated heterocycles. The van der Waals surface area contributed by atoms with E-state index in [0.717, 1.165) is 37.7 Å². The van der Waals surface area contributed by atoms with E-state index < -0.39 is 0 Å². The number of nitrogens with one attached hydrogen (secondary N) is 1. The lowest BCUT2D eigenvalue weighted by molar-refractivity contribution is 0.0600. The molecule has 0 bridgehead atoms. The number of ether oxygens (including phenoxy) is 1. The van der Waals surface area contributed by atoms with E-state index in [4.69, 9.17) is 16.3 Å². The second-order valence-corrected chi connectivity index (χ2v) is 6.32. The van der Waals surface area contributed by atoms with Crippen LogP contribution in [0.5, 0.6) is 0 Å². The molecule has 0 aromatic heterocycles. The Labute approximate surface area is 137 Å². The Morgan fingerprint density at radius 3 is 2.77 bits per heavy atom. The zero-order valence-electron chi connectivity index (χ0n) is 13.4. The molecule has 0 saturated carbocycles. The first-order valence-electron chi connectivity index (χ1n) is 7.87. The summed E-state index contributed by atoms with van der Waals surface area (Å²) in [5, 5.41) is 3.93. The zero-order valence-corrected chi connectivity index (χ0v) is 14.2. The molecule has 0 aliphatic carbocycles. The monoisotopic (exact) mass is 324 g/mol. The molecular formula is C17H25ClN2O2. The van der Waals surface area contributed by atoms with Crippen molar-refractivity contribution in [3.05, 3.63) is 34.3 Å². The number of likely N-dealkylation sites (tertiary alicyclic amines) is 1. The molecule has 1 aliphatic heterocycles. The predicted molar refractivity (Wildman–Crippen MR) is 89.3 cm³/mol. The topological polar surface area (TPSA) is 41.6 Å². The standard InChI is InChI=1S/C17H25ClN2O2/c1-19-8-5-13-6-9-20(10-7-13)12-15-11-14(17(21)22-2)3-4-16(15)18/h3-4,11,13,19H,5-10,12H2,1-2H3. The third-order valence-corrected chi connectivity index (χ3v) is 4.74. The van der Waals surface area contributed by atoms with Crippen LogP contribution in [-0.2, 0) is 11.3 Å². The molecule has 1 aromatic carbocycles. The van der Waals surface area contributed by atoms with Gasteiger partial charge in [0.25, 0.3) is 0 Å². The smallest absolute Gasteiger partial charge is 0.337 e. The fourth-order valence-corrected chi connectivity index (χ4v) is 3.14. The Morgan fingerprint density at radius 1 is 1.41 bits per heavy atom. The van der Waals surface area contributed by atoms with Gasteiger partial charge >= 0.3 is 5.97 Å². The maximum atomic E-state index is 11.6. The Morgan fingerprint density at radius 2 is 2.14 bits per heavy atom. The fraction of sp³-hybridized carbons (Fsp3) is 0.588. The molecule has 0 unspecified atom stereocenters. The second kappa shape index (κ2) is 8.51. The van der Waals surface area contributed by atoms with Crippen LogP contribution in [0.1, 0.15) is 35.2 Å². The summed E-state index contributed by atoms with van der Waals surface area (Å²) in [6, 6.07) is 5.34. The van der Waals surface area contributed by atoms with E-state index >= 15 is 0 Å². The van der Waals surface area contributed by atoms with Crippen LogP contribution >= 0.6 is 11.6 Å². The Balaban J connectivity index is 1.93. The van der Waals surface area contributed by atoms with Gasteiger partial charge in [-0.2, -0.15) is 0 Å². The molecule has 1 heterocycles. The number of carbonyl (C=O) groups is 1. The summed E-state index contributed by atoms with van der Waals surface area (Å²) in [7, 11) is 3.40. The van der Waals surface area contributed by atoms with Gasteiger partial charge in [-0.1, -0.05) is 11.6 Å². The van der Waals surface area contributed by atoms with Gasteiger partial charge in [0, 0.05) is 11.6 Å². The minimum Gasteiger partial charge on any atom is -0.465 e. The van der Waals surface area contributed by atoms with Crippen LogP contribution in [0.25, 0.3) is 0 Å². The lowest BCUT2D eigenvalue weighted by Crippen LogP contribution is -2.34. The van der Waals surface area contributed by atoms with Crippen molar-refractivity contribution >= 4 is 17.6 Å². The molecule has 1 aliphatic rings. The van der Waals surface area contributed by atoms with Gasteiger partial charge < -0.3 is 10.1 Å². The highest BCUT2D eigenvalue weighted by Crippen LogP contribution is 2.24. The number of piperidine rings is 1. The number of rotatable bonds is 6. The number of hydrogen-bond acceptors (Lipinski definition) is 4. The van der Waals surface area contributed by atoms with Crippen molar-refractivity contribution in [3.8, 4) is 0 Å². The maximum Gasteiger partial charge on any atom is 0.337 e. The van der Waals surface area contributed by atoms with Crippen LogP contribution in [0.15, 0.2) is 18.2 Å². The summed E-state index contributed by atoms with van der Waals surface area (Å²) in [6.07, 6.45) is 3.72. The third-order valence-electron chi connectivity index (χ3n) is 4.37. The second-order valence-electron chi connectivity index (χ2n) is 5.91. The SMILES string of the molecule is CNCCC1CCN(Cc2cc(C(=O)OC)ccc2Cl)CC1. The van der Waals surface area contributed by atoms with Crippen molar-refractivity contribution < 1.29 is 9.53 Å². The van der Waals surface area contributed by atoms with Crippen LogP contribution in [0.3, 0.4) is 0 Å². The first-order chi connectivity index (χ1) is 10.6. The van der Waals surface area contributed by atoms with Crippen molar-refractivity contribution in [2.24, 2.45) is 5.92 Å². The molecule has 0 spiro atoms. The highest BCUT2D eigenvalue weighted by molar-refractivity contribution is 6.31. The molecule has 1 N–H and O–H groups in total. The maximum absolute atomic E-state index is 11.6. The van der Waals surface area contributed by atoms with Gasteiger partial charge in [-0.15, -0.1) is 0 Å². The first kappa shape index (κ1) is 17.3. The summed E-state index contributed by atoms with van der Waals surface area (Å²) >= 11 is 6.27. The lowest BCUT2D eigenvalue weighted by atomic mass is 9.93. The molecule has 0 radical (unpaired) electrons.